The number of hydrogen-bond acceptors (Lipinski definition) is 5. The largest absolute Gasteiger partial charge is 0.573 e. The lowest BCUT2D eigenvalue weighted by Crippen LogP contribution is -2.17. The molecule has 23 heavy (non-hydrogen) atoms. The third kappa shape index (κ3) is 3.39. The van der Waals surface area contributed by atoms with Crippen LogP contribution in [0.1, 0.15) is 0 Å². The van der Waals surface area contributed by atoms with Crippen LogP contribution < -0.4 is 4.74 Å². The zero-order chi connectivity index (χ0) is 16.4. The van der Waals surface area contributed by atoms with Crippen molar-refractivity contribution < 1.29 is 23.0 Å². The molecule has 2 heterocycles. The highest BCUT2D eigenvalue weighted by atomic mass is 19.4. The van der Waals surface area contributed by atoms with Gasteiger partial charge in [-0.05, 0) is 30.3 Å². The minimum absolute atomic E-state index is 0.0800. The van der Waals surface area contributed by atoms with Gasteiger partial charge in [0.1, 0.15) is 17.8 Å². The Balaban J connectivity index is 1.93. The minimum atomic E-state index is -4.81. The molecule has 0 saturated heterocycles. The van der Waals surface area contributed by atoms with E-state index in [0.29, 0.717) is 5.82 Å². The van der Waals surface area contributed by atoms with E-state index in [1.54, 1.807) is 23.0 Å². The maximum absolute atomic E-state index is 12.3. The molecular formula is C14H9F3N4O2. The quantitative estimate of drug-likeness (QED) is 0.802. The molecule has 9 heteroatoms. The Morgan fingerprint density at radius 3 is 2.52 bits per heavy atom. The van der Waals surface area contributed by atoms with Crippen LogP contribution in [0.25, 0.3) is 17.1 Å². The lowest BCUT2D eigenvalue weighted by Gasteiger charge is -2.11. The highest BCUT2D eigenvalue weighted by Gasteiger charge is 2.31. The van der Waals surface area contributed by atoms with Crippen LogP contribution in [0.3, 0.4) is 0 Å². The van der Waals surface area contributed by atoms with E-state index < -0.39 is 12.1 Å². The van der Waals surface area contributed by atoms with Gasteiger partial charge in [-0.2, -0.15) is 0 Å². The first-order valence-electron chi connectivity index (χ1n) is 6.33. The van der Waals surface area contributed by atoms with Gasteiger partial charge in [0, 0.05) is 18.0 Å². The lowest BCUT2D eigenvalue weighted by molar-refractivity contribution is -0.274. The van der Waals surface area contributed by atoms with E-state index in [1.165, 1.54) is 12.4 Å². The number of phenolic OH excluding ortho intramolecular Hbond substituents is 1. The number of alkyl halides is 3. The van der Waals surface area contributed by atoms with Crippen LogP contribution in [0.5, 0.6) is 11.5 Å². The van der Waals surface area contributed by atoms with Gasteiger partial charge in [-0.25, -0.2) is 4.98 Å². The molecule has 0 atom stereocenters. The van der Waals surface area contributed by atoms with Gasteiger partial charge >= 0.3 is 6.36 Å². The van der Waals surface area contributed by atoms with Gasteiger partial charge < -0.3 is 9.84 Å². The van der Waals surface area contributed by atoms with E-state index in [9.17, 15) is 18.3 Å². The van der Waals surface area contributed by atoms with Crippen LogP contribution in [0.4, 0.5) is 13.2 Å². The molecule has 1 aromatic carbocycles. The Morgan fingerprint density at radius 2 is 1.91 bits per heavy atom. The summed E-state index contributed by atoms with van der Waals surface area (Å²) in [4.78, 5) is 3.87. The molecule has 0 aliphatic rings. The summed E-state index contributed by atoms with van der Waals surface area (Å²) in [6, 6.07) is 6.28. The lowest BCUT2D eigenvalue weighted by atomic mass is 10.1. The molecule has 0 aliphatic heterocycles. The summed E-state index contributed by atoms with van der Waals surface area (Å²) in [6.07, 6.45) is -0.0531. The third-order valence-electron chi connectivity index (χ3n) is 2.90. The maximum Gasteiger partial charge on any atom is 0.573 e. The number of hydrogen-bond donors (Lipinski definition) is 1. The number of phenols is 1. The van der Waals surface area contributed by atoms with Crippen molar-refractivity contribution in [2.24, 2.45) is 0 Å². The molecule has 6 nitrogen and oxygen atoms in total. The second-order valence-corrected chi connectivity index (χ2v) is 4.47. The molecule has 3 aromatic rings. The van der Waals surface area contributed by atoms with Crippen LogP contribution in [-0.4, -0.2) is 31.2 Å². The molecule has 0 spiro atoms. The molecule has 0 unspecified atom stereocenters. The van der Waals surface area contributed by atoms with Gasteiger partial charge in [0.25, 0.3) is 0 Å². The average molecular weight is 322 g/mol. The first-order chi connectivity index (χ1) is 10.9. The highest BCUT2D eigenvalue weighted by molar-refractivity contribution is 5.68. The fraction of sp³-hybridized carbons (Fsp3) is 0.0714. The van der Waals surface area contributed by atoms with E-state index in [-0.39, 0.29) is 17.0 Å². The van der Waals surface area contributed by atoms with Crippen molar-refractivity contribution in [2.45, 2.75) is 6.36 Å². The van der Waals surface area contributed by atoms with E-state index >= 15 is 0 Å². The van der Waals surface area contributed by atoms with Crippen LogP contribution in [0, 0.1) is 0 Å². The van der Waals surface area contributed by atoms with E-state index in [4.69, 9.17) is 0 Å². The number of aromatic nitrogens is 4. The smallest absolute Gasteiger partial charge is 0.507 e. The average Bonchev–Trinajstić information content (AvgIpc) is 3.02. The number of ether oxygens (including phenoxy) is 1. The standard InChI is InChI=1S/C14H9F3N4O2/c15-14(16,17)23-9-1-3-12(22)10(7-9)11-2-4-13(20-19-11)21-6-5-18-8-21/h1-8,22H. The summed E-state index contributed by atoms with van der Waals surface area (Å²) < 4.78 is 42.2. The fourth-order valence-corrected chi connectivity index (χ4v) is 1.92. The molecule has 0 bridgehead atoms. The highest BCUT2D eigenvalue weighted by Crippen LogP contribution is 2.33. The number of halogens is 3. The van der Waals surface area contributed by atoms with E-state index in [0.717, 1.165) is 18.2 Å². The van der Waals surface area contributed by atoms with Gasteiger partial charge in [0.15, 0.2) is 5.82 Å². The number of nitrogens with zero attached hydrogens (tertiary/aromatic N) is 4. The van der Waals surface area contributed by atoms with Crippen molar-refractivity contribution in [3.8, 4) is 28.6 Å². The van der Waals surface area contributed by atoms with Gasteiger partial charge in [-0.3, -0.25) is 4.57 Å². The maximum atomic E-state index is 12.3. The summed E-state index contributed by atoms with van der Waals surface area (Å²) in [5.74, 6) is -0.205. The third-order valence-corrected chi connectivity index (χ3v) is 2.90. The summed E-state index contributed by atoms with van der Waals surface area (Å²) in [5, 5.41) is 17.7. The first kappa shape index (κ1) is 14.8. The SMILES string of the molecule is Oc1ccc(OC(F)(F)F)cc1-c1ccc(-n2ccnc2)nn1. The Bertz CT molecular complexity index is 802. The van der Waals surface area contributed by atoms with Gasteiger partial charge in [-0.1, -0.05) is 0 Å². The van der Waals surface area contributed by atoms with Crippen molar-refractivity contribution >= 4 is 0 Å². The summed E-state index contributed by atoms with van der Waals surface area (Å²) in [6.45, 7) is 0. The topological polar surface area (TPSA) is 73.1 Å². The van der Waals surface area contributed by atoms with Crippen molar-refractivity contribution in [3.63, 3.8) is 0 Å². The number of imidazole rings is 1. The molecule has 0 aliphatic carbocycles. The number of rotatable bonds is 3. The van der Waals surface area contributed by atoms with Gasteiger partial charge in [0.05, 0.1) is 5.69 Å². The first-order valence-corrected chi connectivity index (χ1v) is 6.33. The van der Waals surface area contributed by atoms with E-state index in [2.05, 4.69) is 19.9 Å². The summed E-state index contributed by atoms with van der Waals surface area (Å²) >= 11 is 0. The van der Waals surface area contributed by atoms with E-state index in [1.807, 2.05) is 0 Å². The van der Waals surface area contributed by atoms with Crippen molar-refractivity contribution in [2.75, 3.05) is 0 Å². The summed E-state index contributed by atoms with van der Waals surface area (Å²) in [7, 11) is 0. The van der Waals surface area contributed by atoms with Gasteiger partial charge in [0.2, 0.25) is 0 Å². The number of benzene rings is 1. The molecule has 2 aromatic heterocycles. The molecule has 118 valence electrons. The Kier molecular flexibility index (Phi) is 3.61. The van der Waals surface area contributed by atoms with Crippen molar-refractivity contribution in [1.82, 2.24) is 19.7 Å². The van der Waals surface area contributed by atoms with Gasteiger partial charge in [-0.15, -0.1) is 23.4 Å². The molecule has 3 rings (SSSR count). The van der Waals surface area contributed by atoms with Crippen molar-refractivity contribution in [3.05, 3.63) is 49.1 Å². The van der Waals surface area contributed by atoms with Crippen LogP contribution in [0.15, 0.2) is 49.1 Å². The van der Waals surface area contributed by atoms with Crippen LogP contribution in [0.2, 0.25) is 0 Å². The van der Waals surface area contributed by atoms with Crippen LogP contribution >= 0.6 is 0 Å². The normalized spacial score (nSPS) is 11.4. The fourth-order valence-electron chi connectivity index (χ4n) is 1.92. The molecule has 0 amide bonds. The molecule has 0 fully saturated rings. The zero-order valence-corrected chi connectivity index (χ0v) is 11.4. The Labute approximate surface area is 127 Å². The second kappa shape index (κ2) is 5.59. The van der Waals surface area contributed by atoms with Crippen LogP contribution in [-0.2, 0) is 0 Å². The second-order valence-electron chi connectivity index (χ2n) is 4.47. The summed E-state index contributed by atoms with van der Waals surface area (Å²) in [5.41, 5.74) is 0.287. The van der Waals surface area contributed by atoms with Crippen molar-refractivity contribution in [1.29, 1.82) is 0 Å². The molecular weight excluding hydrogens is 313 g/mol. The predicted molar refractivity (Wildman–Crippen MR) is 72.9 cm³/mol. The molecule has 0 radical (unpaired) electrons. The molecule has 0 saturated carbocycles. The Morgan fingerprint density at radius 1 is 1.09 bits per heavy atom. The number of aromatic hydroxyl groups is 1. The predicted octanol–water partition coefficient (Wildman–Crippen LogP) is 2.93. The monoisotopic (exact) mass is 322 g/mol. The zero-order valence-electron chi connectivity index (χ0n) is 11.4. The Hall–Kier alpha value is -3.10. The minimum Gasteiger partial charge on any atom is -0.507 e. The molecule has 1 N–H and O–H groups in total.